The van der Waals surface area contributed by atoms with Crippen LogP contribution in [0.5, 0.6) is 11.5 Å². The smallest absolute Gasteiger partial charge is 0.322 e. The van der Waals surface area contributed by atoms with Crippen LogP contribution in [0.15, 0.2) is 53.9 Å². The number of methoxy groups -OCH3 is 3. The Hall–Kier alpha value is -3.56. The summed E-state index contributed by atoms with van der Waals surface area (Å²) in [5, 5.41) is 5.06. The minimum absolute atomic E-state index is 0.0276. The molecule has 1 N–H and O–H groups in total. The maximum Gasteiger partial charge on any atom is 0.322 e. The highest BCUT2D eigenvalue weighted by Crippen LogP contribution is 2.28. The van der Waals surface area contributed by atoms with Gasteiger partial charge in [-0.15, -0.1) is 11.3 Å². The van der Waals surface area contributed by atoms with Gasteiger partial charge in [-0.1, -0.05) is 31.2 Å². The molecule has 0 spiro atoms. The number of carbonyl (C=O) groups excluding carboxylic acids is 2. The highest BCUT2D eigenvalue weighted by molar-refractivity contribution is 7.10. The second-order valence-corrected chi connectivity index (χ2v) is 10.5. The van der Waals surface area contributed by atoms with Crippen molar-refractivity contribution in [3.63, 3.8) is 0 Å². The average molecular weight is 568 g/mol. The van der Waals surface area contributed by atoms with Crippen molar-refractivity contribution >= 4 is 29.0 Å². The van der Waals surface area contributed by atoms with Crippen LogP contribution in [-0.4, -0.2) is 69.3 Å². The van der Waals surface area contributed by atoms with Gasteiger partial charge in [0.1, 0.15) is 6.54 Å². The number of aryl methyl sites for hydroxylation is 2. The molecule has 8 nitrogen and oxygen atoms in total. The molecule has 0 fully saturated rings. The molecule has 9 heteroatoms. The zero-order valence-electron chi connectivity index (χ0n) is 24.2. The number of urea groups is 1. The van der Waals surface area contributed by atoms with Crippen LogP contribution < -0.4 is 14.8 Å². The van der Waals surface area contributed by atoms with Crippen molar-refractivity contribution in [2.75, 3.05) is 52.9 Å². The van der Waals surface area contributed by atoms with Crippen LogP contribution in [0.1, 0.15) is 34.9 Å². The van der Waals surface area contributed by atoms with E-state index >= 15 is 0 Å². The van der Waals surface area contributed by atoms with Crippen molar-refractivity contribution in [3.8, 4) is 11.5 Å². The lowest BCUT2D eigenvalue weighted by Gasteiger charge is -2.28. The molecule has 0 saturated carbocycles. The molecule has 0 atom stereocenters. The Labute approximate surface area is 241 Å². The van der Waals surface area contributed by atoms with Gasteiger partial charge in [0.2, 0.25) is 5.91 Å². The summed E-state index contributed by atoms with van der Waals surface area (Å²) < 4.78 is 16.0. The maximum atomic E-state index is 13.8. The molecule has 0 unspecified atom stereocenters. The molecule has 216 valence electrons. The number of anilines is 1. The normalized spacial score (nSPS) is 10.7. The van der Waals surface area contributed by atoms with Crippen LogP contribution in [0, 0.1) is 6.92 Å². The lowest BCUT2D eigenvalue weighted by Crippen LogP contribution is -2.45. The Morgan fingerprint density at radius 3 is 2.40 bits per heavy atom. The second kappa shape index (κ2) is 15.9. The highest BCUT2D eigenvalue weighted by Gasteiger charge is 2.23. The van der Waals surface area contributed by atoms with Crippen molar-refractivity contribution in [2.24, 2.45) is 0 Å². The zero-order chi connectivity index (χ0) is 28.9. The SMILES string of the molecule is CCc1ccccc1NC(=O)N(CCCOC)CC(=O)N(CCc1ccc(OC)c(OC)c1)Cc1sccc1C. The summed E-state index contributed by atoms with van der Waals surface area (Å²) in [6.07, 6.45) is 2.06. The van der Waals surface area contributed by atoms with E-state index in [1.54, 1.807) is 37.6 Å². The number of nitrogens with zero attached hydrogens (tertiary/aromatic N) is 2. The Kier molecular flexibility index (Phi) is 12.3. The Balaban J connectivity index is 1.78. The quantitative estimate of drug-likeness (QED) is 0.236. The molecule has 3 rings (SSSR count). The number of para-hydroxylation sites is 1. The molecule has 0 bridgehead atoms. The molecule has 0 saturated heterocycles. The first kappa shape index (κ1) is 31.0. The third-order valence-corrected chi connectivity index (χ3v) is 7.81. The first-order valence-corrected chi connectivity index (χ1v) is 14.4. The van der Waals surface area contributed by atoms with Crippen molar-refractivity contribution < 1.29 is 23.8 Å². The molecule has 1 heterocycles. The fraction of sp³-hybridized carbons (Fsp3) is 0.419. The number of amides is 3. The summed E-state index contributed by atoms with van der Waals surface area (Å²) in [6.45, 7) is 5.97. The van der Waals surface area contributed by atoms with Gasteiger partial charge >= 0.3 is 6.03 Å². The number of nitrogens with one attached hydrogen (secondary N) is 1. The molecule has 3 aromatic rings. The molecule has 1 aromatic heterocycles. The van der Waals surface area contributed by atoms with E-state index in [0.717, 1.165) is 33.7 Å². The van der Waals surface area contributed by atoms with Crippen molar-refractivity contribution in [1.29, 1.82) is 0 Å². The van der Waals surface area contributed by atoms with Crippen LogP contribution in [0.4, 0.5) is 10.5 Å². The van der Waals surface area contributed by atoms with Crippen LogP contribution in [0.3, 0.4) is 0 Å². The monoisotopic (exact) mass is 567 g/mol. The third-order valence-electron chi connectivity index (χ3n) is 6.80. The van der Waals surface area contributed by atoms with Gasteiger partial charge in [0.15, 0.2) is 11.5 Å². The molecule has 2 aromatic carbocycles. The summed E-state index contributed by atoms with van der Waals surface area (Å²) in [5.74, 6) is 1.21. The van der Waals surface area contributed by atoms with E-state index in [2.05, 4.69) is 18.3 Å². The van der Waals surface area contributed by atoms with Crippen molar-refractivity contribution in [2.45, 2.75) is 39.7 Å². The Morgan fingerprint density at radius 1 is 0.950 bits per heavy atom. The predicted molar refractivity (Wildman–Crippen MR) is 161 cm³/mol. The van der Waals surface area contributed by atoms with Crippen LogP contribution in [-0.2, 0) is 28.9 Å². The number of thiophene rings is 1. The van der Waals surface area contributed by atoms with Crippen molar-refractivity contribution in [1.82, 2.24) is 9.80 Å². The molecular weight excluding hydrogens is 526 g/mol. The topological polar surface area (TPSA) is 80.3 Å². The summed E-state index contributed by atoms with van der Waals surface area (Å²) >= 11 is 1.64. The summed E-state index contributed by atoms with van der Waals surface area (Å²) in [5.41, 5.74) is 3.99. The van der Waals surface area contributed by atoms with Gasteiger partial charge in [0, 0.05) is 37.4 Å². The van der Waals surface area contributed by atoms with E-state index in [-0.39, 0.29) is 18.5 Å². The number of rotatable bonds is 15. The minimum atomic E-state index is -0.294. The highest BCUT2D eigenvalue weighted by atomic mass is 32.1. The molecule has 0 aliphatic heterocycles. The van der Waals surface area contributed by atoms with Gasteiger partial charge in [0.05, 0.1) is 20.8 Å². The number of carbonyl (C=O) groups is 2. The largest absolute Gasteiger partial charge is 0.493 e. The van der Waals surface area contributed by atoms with Crippen LogP contribution in [0.25, 0.3) is 0 Å². The number of benzene rings is 2. The predicted octanol–water partition coefficient (Wildman–Crippen LogP) is 5.78. The Morgan fingerprint density at radius 2 is 1.73 bits per heavy atom. The lowest BCUT2D eigenvalue weighted by molar-refractivity contribution is -0.132. The lowest BCUT2D eigenvalue weighted by atomic mass is 10.1. The molecule has 40 heavy (non-hydrogen) atoms. The van der Waals surface area contributed by atoms with Gasteiger partial charge < -0.3 is 29.3 Å². The van der Waals surface area contributed by atoms with Gasteiger partial charge in [-0.25, -0.2) is 4.79 Å². The number of hydrogen-bond acceptors (Lipinski definition) is 6. The van der Waals surface area contributed by atoms with E-state index in [1.807, 2.05) is 59.7 Å². The van der Waals surface area contributed by atoms with Crippen LogP contribution >= 0.6 is 11.3 Å². The van der Waals surface area contributed by atoms with E-state index in [1.165, 1.54) is 0 Å². The van der Waals surface area contributed by atoms with Gasteiger partial charge in [-0.05, 0) is 72.5 Å². The van der Waals surface area contributed by atoms with Gasteiger partial charge in [-0.2, -0.15) is 0 Å². The average Bonchev–Trinajstić information content (AvgIpc) is 3.38. The minimum Gasteiger partial charge on any atom is -0.493 e. The van der Waals surface area contributed by atoms with E-state index in [4.69, 9.17) is 14.2 Å². The second-order valence-electron chi connectivity index (χ2n) is 9.49. The molecule has 3 amide bonds. The summed E-state index contributed by atoms with van der Waals surface area (Å²) in [6, 6.07) is 15.3. The molecule has 0 aliphatic carbocycles. The fourth-order valence-corrected chi connectivity index (χ4v) is 5.31. The molecule has 0 aliphatic rings. The maximum absolute atomic E-state index is 13.8. The zero-order valence-corrected chi connectivity index (χ0v) is 25.0. The van der Waals surface area contributed by atoms with Gasteiger partial charge in [0.25, 0.3) is 0 Å². The van der Waals surface area contributed by atoms with E-state index in [9.17, 15) is 9.59 Å². The first-order chi connectivity index (χ1) is 19.4. The summed E-state index contributed by atoms with van der Waals surface area (Å²) in [7, 11) is 4.85. The molecular formula is C31H41N3O5S. The number of ether oxygens (including phenoxy) is 3. The standard InChI is InChI=1S/C31H41N3O5S/c1-6-25-10-7-8-11-26(25)32-31(36)34(16-9-18-37-3)22-30(35)33(21-29-23(2)15-19-40-29)17-14-24-12-13-27(38-4)28(20-24)39-5/h7-8,10-13,15,19-20H,6,9,14,16-18,21-22H2,1-5H3,(H,32,36). The van der Waals surface area contributed by atoms with Crippen LogP contribution in [0.2, 0.25) is 0 Å². The first-order valence-electron chi connectivity index (χ1n) is 13.5. The fourth-order valence-electron chi connectivity index (χ4n) is 4.39. The van der Waals surface area contributed by atoms with Crippen molar-refractivity contribution in [3.05, 3.63) is 75.5 Å². The van der Waals surface area contributed by atoms with E-state index in [0.29, 0.717) is 50.6 Å². The third kappa shape index (κ3) is 8.72. The Bertz CT molecular complexity index is 1250. The number of hydrogen-bond donors (Lipinski definition) is 1. The van der Waals surface area contributed by atoms with E-state index < -0.39 is 0 Å². The summed E-state index contributed by atoms with van der Waals surface area (Å²) in [4.78, 5) is 31.7. The van der Waals surface area contributed by atoms with Gasteiger partial charge in [-0.3, -0.25) is 4.79 Å². The molecule has 0 radical (unpaired) electrons.